The normalized spacial score (nSPS) is 19.9. The molecule has 0 bridgehead atoms. The van der Waals surface area contributed by atoms with Crippen molar-refractivity contribution in [1.82, 2.24) is 4.98 Å². The van der Waals surface area contributed by atoms with Gasteiger partial charge in [-0.3, -0.25) is 4.98 Å². The summed E-state index contributed by atoms with van der Waals surface area (Å²) >= 11 is 0. The first kappa shape index (κ1) is 15.9. The lowest BCUT2D eigenvalue weighted by Gasteiger charge is -2.14. The molecule has 2 heterocycles. The lowest BCUT2D eigenvalue weighted by atomic mass is 10.1. The predicted octanol–water partition coefficient (Wildman–Crippen LogP) is 4.95. The number of pyridine rings is 1. The molecule has 2 unspecified atom stereocenters. The van der Waals surface area contributed by atoms with Crippen molar-refractivity contribution in [3.8, 4) is 28.5 Å². The van der Waals surface area contributed by atoms with Crippen molar-refractivity contribution in [2.75, 3.05) is 7.11 Å². The van der Waals surface area contributed by atoms with Crippen molar-refractivity contribution in [2.24, 2.45) is 0 Å². The van der Waals surface area contributed by atoms with E-state index >= 15 is 0 Å². The minimum absolute atomic E-state index is 0.223. The van der Waals surface area contributed by atoms with Gasteiger partial charge in [0.1, 0.15) is 23.3 Å². The van der Waals surface area contributed by atoms with E-state index in [2.05, 4.69) is 4.98 Å². The molecule has 1 aromatic carbocycles. The highest BCUT2D eigenvalue weighted by Crippen LogP contribution is 2.31. The summed E-state index contributed by atoms with van der Waals surface area (Å²) in [7, 11) is 1.77. The predicted molar refractivity (Wildman–Crippen MR) is 96.4 cm³/mol. The van der Waals surface area contributed by atoms with E-state index in [1.54, 1.807) is 13.3 Å². The van der Waals surface area contributed by atoms with Crippen LogP contribution in [0.25, 0.3) is 22.8 Å². The minimum Gasteiger partial charge on any atom is -0.490 e. The maximum absolute atomic E-state index is 6.13. The van der Waals surface area contributed by atoms with Crippen molar-refractivity contribution in [1.29, 1.82) is 0 Å². The fourth-order valence-electron chi connectivity index (χ4n) is 3.28. The SMILES string of the molecule is COC1CCC(Oc2cccc(-c3ccc(-c4ccccn4)o3)c2)C1. The van der Waals surface area contributed by atoms with E-state index < -0.39 is 0 Å². The molecule has 0 amide bonds. The summed E-state index contributed by atoms with van der Waals surface area (Å²) in [5, 5.41) is 0. The summed E-state index contributed by atoms with van der Waals surface area (Å²) in [6.07, 6.45) is 5.35. The van der Waals surface area contributed by atoms with Gasteiger partial charge in [-0.1, -0.05) is 18.2 Å². The number of hydrogen-bond donors (Lipinski definition) is 0. The van der Waals surface area contributed by atoms with Crippen molar-refractivity contribution >= 4 is 0 Å². The fraction of sp³-hybridized carbons (Fsp3) is 0.286. The van der Waals surface area contributed by atoms with E-state index in [0.29, 0.717) is 6.10 Å². The van der Waals surface area contributed by atoms with Gasteiger partial charge in [0.05, 0.1) is 6.10 Å². The Morgan fingerprint density at radius 2 is 1.84 bits per heavy atom. The van der Waals surface area contributed by atoms with Gasteiger partial charge < -0.3 is 13.9 Å². The Balaban J connectivity index is 1.51. The number of hydrogen-bond acceptors (Lipinski definition) is 4. The topological polar surface area (TPSA) is 44.5 Å². The number of aromatic nitrogens is 1. The van der Waals surface area contributed by atoms with E-state index in [4.69, 9.17) is 13.9 Å². The van der Waals surface area contributed by atoms with Crippen LogP contribution in [0.15, 0.2) is 65.2 Å². The Labute approximate surface area is 147 Å². The number of furan rings is 1. The largest absolute Gasteiger partial charge is 0.490 e. The molecule has 128 valence electrons. The summed E-state index contributed by atoms with van der Waals surface area (Å²) in [6, 6.07) is 17.8. The molecule has 4 rings (SSSR count). The van der Waals surface area contributed by atoms with E-state index in [9.17, 15) is 0 Å². The average Bonchev–Trinajstić information content (AvgIpc) is 3.32. The number of methoxy groups -OCH3 is 1. The van der Waals surface area contributed by atoms with Crippen molar-refractivity contribution < 1.29 is 13.9 Å². The first-order valence-electron chi connectivity index (χ1n) is 8.63. The lowest BCUT2D eigenvalue weighted by Crippen LogP contribution is -2.14. The fourth-order valence-corrected chi connectivity index (χ4v) is 3.28. The monoisotopic (exact) mass is 335 g/mol. The third-order valence-corrected chi connectivity index (χ3v) is 4.61. The third kappa shape index (κ3) is 3.59. The summed E-state index contributed by atoms with van der Waals surface area (Å²) in [4.78, 5) is 4.33. The van der Waals surface area contributed by atoms with Gasteiger partial charge in [0.2, 0.25) is 0 Å². The van der Waals surface area contributed by atoms with E-state index in [1.807, 2.05) is 54.6 Å². The van der Waals surface area contributed by atoms with Gasteiger partial charge in [0, 0.05) is 25.3 Å². The Kier molecular flexibility index (Phi) is 4.53. The van der Waals surface area contributed by atoms with Gasteiger partial charge in [-0.25, -0.2) is 0 Å². The van der Waals surface area contributed by atoms with Crippen molar-refractivity contribution in [3.05, 3.63) is 60.8 Å². The van der Waals surface area contributed by atoms with Crippen LogP contribution in [0.5, 0.6) is 5.75 Å². The summed E-state index contributed by atoms with van der Waals surface area (Å²) in [5.41, 5.74) is 1.83. The molecule has 1 saturated carbocycles. The second kappa shape index (κ2) is 7.11. The maximum Gasteiger partial charge on any atom is 0.153 e. The number of rotatable bonds is 5. The summed E-state index contributed by atoms with van der Waals surface area (Å²) in [6.45, 7) is 0. The lowest BCUT2D eigenvalue weighted by molar-refractivity contribution is 0.0947. The summed E-state index contributed by atoms with van der Waals surface area (Å²) in [5.74, 6) is 2.45. The first-order valence-corrected chi connectivity index (χ1v) is 8.63. The second-order valence-corrected chi connectivity index (χ2v) is 6.32. The summed E-state index contributed by atoms with van der Waals surface area (Å²) < 4.78 is 17.5. The Morgan fingerprint density at radius 1 is 0.960 bits per heavy atom. The molecule has 0 N–H and O–H groups in total. The van der Waals surface area contributed by atoms with Crippen LogP contribution in [-0.4, -0.2) is 24.3 Å². The third-order valence-electron chi connectivity index (χ3n) is 4.61. The molecule has 3 aromatic rings. The molecular formula is C21H21NO3. The van der Waals surface area contributed by atoms with Gasteiger partial charge in [0.25, 0.3) is 0 Å². The van der Waals surface area contributed by atoms with Gasteiger partial charge in [-0.15, -0.1) is 0 Å². The van der Waals surface area contributed by atoms with Crippen molar-refractivity contribution in [2.45, 2.75) is 31.5 Å². The molecule has 2 aromatic heterocycles. The molecule has 1 aliphatic carbocycles. The van der Waals surface area contributed by atoms with Crippen LogP contribution in [0, 0.1) is 0 Å². The quantitative estimate of drug-likeness (QED) is 0.661. The minimum atomic E-state index is 0.223. The van der Waals surface area contributed by atoms with E-state index in [0.717, 1.165) is 47.8 Å². The van der Waals surface area contributed by atoms with Gasteiger partial charge >= 0.3 is 0 Å². The van der Waals surface area contributed by atoms with E-state index in [-0.39, 0.29) is 6.10 Å². The zero-order chi connectivity index (χ0) is 17.1. The molecule has 0 saturated heterocycles. The number of benzene rings is 1. The molecule has 0 aliphatic heterocycles. The van der Waals surface area contributed by atoms with Gasteiger partial charge in [0.15, 0.2) is 5.76 Å². The molecule has 1 fully saturated rings. The highest BCUT2D eigenvalue weighted by Gasteiger charge is 2.25. The van der Waals surface area contributed by atoms with Crippen LogP contribution in [0.2, 0.25) is 0 Å². The average molecular weight is 335 g/mol. The highest BCUT2D eigenvalue weighted by atomic mass is 16.5. The molecule has 25 heavy (non-hydrogen) atoms. The molecule has 1 aliphatic rings. The van der Waals surface area contributed by atoms with E-state index in [1.165, 1.54) is 0 Å². The van der Waals surface area contributed by atoms with Gasteiger partial charge in [-0.2, -0.15) is 0 Å². The highest BCUT2D eigenvalue weighted by molar-refractivity contribution is 5.64. The molecule has 4 nitrogen and oxygen atoms in total. The van der Waals surface area contributed by atoms with Gasteiger partial charge in [-0.05, 0) is 49.2 Å². The van der Waals surface area contributed by atoms with Crippen LogP contribution < -0.4 is 4.74 Å². The second-order valence-electron chi connectivity index (χ2n) is 6.32. The maximum atomic E-state index is 6.13. The standard InChI is InChI=1S/C21H21NO3/c1-23-16-8-9-18(14-16)24-17-6-4-5-15(13-17)20-10-11-21(25-20)19-7-2-3-12-22-19/h2-7,10-13,16,18H,8-9,14H2,1H3. The molecule has 0 spiro atoms. The molecule has 2 atom stereocenters. The zero-order valence-electron chi connectivity index (χ0n) is 14.2. The van der Waals surface area contributed by atoms with Crippen LogP contribution in [0.4, 0.5) is 0 Å². The first-order chi connectivity index (χ1) is 12.3. The van der Waals surface area contributed by atoms with Crippen LogP contribution in [-0.2, 0) is 4.74 Å². The smallest absolute Gasteiger partial charge is 0.153 e. The molecule has 0 radical (unpaired) electrons. The van der Waals surface area contributed by atoms with Crippen LogP contribution in [0.3, 0.4) is 0 Å². The Bertz CT molecular complexity index is 828. The van der Waals surface area contributed by atoms with Crippen LogP contribution in [0.1, 0.15) is 19.3 Å². The molecule has 4 heteroatoms. The Hall–Kier alpha value is -2.59. The zero-order valence-corrected chi connectivity index (χ0v) is 14.2. The number of ether oxygens (including phenoxy) is 2. The Morgan fingerprint density at radius 3 is 2.64 bits per heavy atom. The van der Waals surface area contributed by atoms with Crippen molar-refractivity contribution in [3.63, 3.8) is 0 Å². The molecular weight excluding hydrogens is 314 g/mol. The van der Waals surface area contributed by atoms with Crippen LogP contribution >= 0.6 is 0 Å². The number of nitrogens with zero attached hydrogens (tertiary/aromatic N) is 1.